The first-order valence-electron chi connectivity index (χ1n) is 14.2. The minimum atomic E-state index is -0.263. The maximum absolute atomic E-state index is 13.6. The first-order valence-corrected chi connectivity index (χ1v) is 14.2. The third-order valence-electron chi connectivity index (χ3n) is 8.47. The molecule has 1 fully saturated rings. The molecule has 1 atom stereocenters. The van der Waals surface area contributed by atoms with Crippen molar-refractivity contribution in [3.63, 3.8) is 0 Å². The van der Waals surface area contributed by atoms with Crippen LogP contribution < -0.4 is 15.6 Å². The van der Waals surface area contributed by atoms with Gasteiger partial charge in [0.2, 0.25) is 0 Å². The zero-order valence-electron chi connectivity index (χ0n) is 24.2. The normalized spacial score (nSPS) is 15.0. The van der Waals surface area contributed by atoms with Crippen LogP contribution in [0.25, 0.3) is 10.9 Å². The van der Waals surface area contributed by atoms with Gasteiger partial charge in [-0.1, -0.05) is 30.3 Å². The third kappa shape index (κ3) is 5.77. The summed E-state index contributed by atoms with van der Waals surface area (Å²) in [7, 11) is 1.52. The zero-order valence-corrected chi connectivity index (χ0v) is 24.2. The summed E-state index contributed by atoms with van der Waals surface area (Å²) in [4.78, 5) is 31.4. The van der Waals surface area contributed by atoms with E-state index in [1.165, 1.54) is 12.7 Å². The number of ether oxygens (including phenoxy) is 1. The number of fused-ring (bicyclic) bond motifs is 1. The number of amides is 1. The maximum atomic E-state index is 13.6. The number of likely N-dealkylation sites (tertiary alicyclic amines) is 1. The Bertz CT molecular complexity index is 1650. The number of benzene rings is 2. The Balaban J connectivity index is 1.32. The van der Waals surface area contributed by atoms with Crippen molar-refractivity contribution in [1.82, 2.24) is 19.8 Å². The number of aromatic amines is 1. The fourth-order valence-electron chi connectivity index (χ4n) is 6.24. The highest BCUT2D eigenvalue weighted by Gasteiger charge is 2.29. The number of carbonyl (C=O) groups is 1. The van der Waals surface area contributed by atoms with Crippen molar-refractivity contribution in [2.45, 2.75) is 52.7 Å². The van der Waals surface area contributed by atoms with Gasteiger partial charge in [0, 0.05) is 34.9 Å². The van der Waals surface area contributed by atoms with E-state index in [0.29, 0.717) is 34.1 Å². The van der Waals surface area contributed by atoms with E-state index >= 15 is 0 Å². The molecule has 212 valence electrons. The van der Waals surface area contributed by atoms with E-state index in [-0.39, 0.29) is 24.1 Å². The molecule has 3 heterocycles. The molecule has 0 aliphatic carbocycles. The Morgan fingerprint density at radius 2 is 1.85 bits per heavy atom. The molecule has 1 aliphatic heterocycles. The van der Waals surface area contributed by atoms with Gasteiger partial charge in [-0.25, -0.2) is 0 Å². The van der Waals surface area contributed by atoms with Crippen LogP contribution >= 0.6 is 0 Å². The number of nitrogens with zero attached hydrogens (tertiary/aromatic N) is 3. The molecule has 0 spiro atoms. The zero-order chi connectivity index (χ0) is 29.1. The molecule has 1 saturated heterocycles. The summed E-state index contributed by atoms with van der Waals surface area (Å²) >= 11 is 0. The van der Waals surface area contributed by atoms with Crippen LogP contribution in [0.15, 0.2) is 59.4 Å². The van der Waals surface area contributed by atoms with Crippen molar-refractivity contribution in [3.8, 4) is 11.8 Å². The van der Waals surface area contributed by atoms with Crippen LogP contribution in [0.2, 0.25) is 0 Å². The van der Waals surface area contributed by atoms with Crippen molar-refractivity contribution < 1.29 is 9.53 Å². The first-order chi connectivity index (χ1) is 19.8. The summed E-state index contributed by atoms with van der Waals surface area (Å²) in [6.45, 7) is 9.05. The molecule has 41 heavy (non-hydrogen) atoms. The number of aryl methyl sites for hydroxylation is 1. The lowest BCUT2D eigenvalue weighted by molar-refractivity contribution is 0.0951. The highest BCUT2D eigenvalue weighted by Crippen LogP contribution is 2.36. The lowest BCUT2D eigenvalue weighted by Gasteiger charge is -2.36. The van der Waals surface area contributed by atoms with Gasteiger partial charge < -0.3 is 19.6 Å². The Morgan fingerprint density at radius 1 is 1.15 bits per heavy atom. The standard InChI is InChI=1S/C33H37N5O3/c1-21-17-30(41-4)28(32(39)36-21)19-35-33(40)31-23(3)38(29-8-6-5-7-27(29)31)22(2)26-13-15-37(16-14-26)20-25-11-9-24(18-34)10-12-25/h5-12,17,22,26H,13-16,19-20H2,1-4H3,(H,35,40)(H,36,39)/t22-/m1/s1. The monoisotopic (exact) mass is 551 g/mol. The molecule has 1 amide bonds. The van der Waals surface area contributed by atoms with E-state index in [9.17, 15) is 9.59 Å². The molecule has 5 rings (SSSR count). The van der Waals surface area contributed by atoms with E-state index in [1.54, 1.807) is 13.0 Å². The molecule has 8 heteroatoms. The number of para-hydroxylation sites is 1. The van der Waals surface area contributed by atoms with E-state index in [0.717, 1.165) is 49.1 Å². The lowest BCUT2D eigenvalue weighted by atomic mass is 9.89. The average Bonchev–Trinajstić information content (AvgIpc) is 3.28. The Morgan fingerprint density at radius 3 is 2.54 bits per heavy atom. The summed E-state index contributed by atoms with van der Waals surface area (Å²) in [5.41, 5.74) is 5.38. The Hall–Kier alpha value is -4.35. The minimum Gasteiger partial charge on any atom is -0.496 e. The second-order valence-electron chi connectivity index (χ2n) is 11.0. The molecule has 0 bridgehead atoms. The molecular weight excluding hydrogens is 514 g/mol. The Labute approximate surface area is 240 Å². The summed E-state index contributed by atoms with van der Waals surface area (Å²) in [6, 6.07) is 20.1. The van der Waals surface area contributed by atoms with E-state index in [1.807, 2.05) is 49.4 Å². The second kappa shape index (κ2) is 12.0. The number of methoxy groups -OCH3 is 1. The topological polar surface area (TPSA) is 103 Å². The summed E-state index contributed by atoms with van der Waals surface area (Å²) < 4.78 is 7.73. The molecule has 2 aromatic heterocycles. The fourth-order valence-corrected chi connectivity index (χ4v) is 6.24. The molecule has 2 N–H and O–H groups in total. The molecule has 0 radical (unpaired) electrons. The number of aromatic nitrogens is 2. The van der Waals surface area contributed by atoms with Crippen LogP contribution in [0.1, 0.15) is 64.2 Å². The van der Waals surface area contributed by atoms with Crippen LogP contribution in [0.3, 0.4) is 0 Å². The van der Waals surface area contributed by atoms with Crippen LogP contribution in [0.5, 0.6) is 5.75 Å². The molecule has 2 aromatic carbocycles. The van der Waals surface area contributed by atoms with E-state index < -0.39 is 0 Å². The number of piperidine rings is 1. The van der Waals surface area contributed by atoms with Gasteiger partial charge in [0.15, 0.2) is 0 Å². The molecule has 1 aliphatic rings. The van der Waals surface area contributed by atoms with Crippen molar-refractivity contribution in [2.75, 3.05) is 20.2 Å². The average molecular weight is 552 g/mol. The maximum Gasteiger partial charge on any atom is 0.256 e. The number of carbonyl (C=O) groups excluding carboxylic acids is 1. The third-order valence-corrected chi connectivity index (χ3v) is 8.47. The highest BCUT2D eigenvalue weighted by atomic mass is 16.5. The van der Waals surface area contributed by atoms with Gasteiger partial charge in [-0.05, 0) is 82.4 Å². The smallest absolute Gasteiger partial charge is 0.256 e. The second-order valence-corrected chi connectivity index (χ2v) is 11.0. The minimum absolute atomic E-state index is 0.0732. The van der Waals surface area contributed by atoms with E-state index in [4.69, 9.17) is 10.00 Å². The number of nitriles is 1. The van der Waals surface area contributed by atoms with Crippen molar-refractivity contribution in [1.29, 1.82) is 5.26 Å². The van der Waals surface area contributed by atoms with Crippen molar-refractivity contribution in [3.05, 3.63) is 98.6 Å². The number of hydrogen-bond donors (Lipinski definition) is 2. The quantitative estimate of drug-likeness (QED) is 0.312. The highest BCUT2D eigenvalue weighted by molar-refractivity contribution is 6.08. The number of pyridine rings is 1. The molecule has 0 unspecified atom stereocenters. The van der Waals surface area contributed by atoms with E-state index in [2.05, 4.69) is 38.8 Å². The van der Waals surface area contributed by atoms with Gasteiger partial charge in [0.05, 0.1) is 36.4 Å². The van der Waals surface area contributed by atoms with Crippen LogP contribution in [0.4, 0.5) is 0 Å². The lowest BCUT2D eigenvalue weighted by Crippen LogP contribution is -2.36. The van der Waals surface area contributed by atoms with Crippen molar-refractivity contribution in [2.24, 2.45) is 5.92 Å². The molecular formula is C33H37N5O3. The number of rotatable bonds is 8. The summed E-state index contributed by atoms with van der Waals surface area (Å²) in [5, 5.41) is 12.9. The van der Waals surface area contributed by atoms with Crippen LogP contribution in [-0.4, -0.2) is 40.6 Å². The summed E-state index contributed by atoms with van der Waals surface area (Å²) in [6.07, 6.45) is 2.14. The number of hydrogen-bond acceptors (Lipinski definition) is 5. The van der Waals surface area contributed by atoms with Gasteiger partial charge in [-0.15, -0.1) is 0 Å². The largest absolute Gasteiger partial charge is 0.496 e. The SMILES string of the molecule is COc1cc(C)[nH]c(=O)c1CNC(=O)c1c(C)n([C@H](C)C2CCN(Cc3ccc(C#N)cc3)CC2)c2ccccc12. The molecule has 4 aromatic rings. The predicted molar refractivity (Wildman–Crippen MR) is 160 cm³/mol. The molecule has 8 nitrogen and oxygen atoms in total. The predicted octanol–water partition coefficient (Wildman–Crippen LogP) is 5.23. The number of H-pyrrole nitrogens is 1. The van der Waals surface area contributed by atoms with Gasteiger partial charge in [-0.3, -0.25) is 14.5 Å². The summed E-state index contributed by atoms with van der Waals surface area (Å²) in [5.74, 6) is 0.738. The van der Waals surface area contributed by atoms with Crippen LogP contribution in [0, 0.1) is 31.1 Å². The van der Waals surface area contributed by atoms with Gasteiger partial charge in [0.1, 0.15) is 5.75 Å². The fraction of sp³-hybridized carbons (Fsp3) is 0.364. The van der Waals surface area contributed by atoms with Crippen molar-refractivity contribution >= 4 is 16.8 Å². The Kier molecular flexibility index (Phi) is 8.27. The number of nitrogens with one attached hydrogen (secondary N) is 2. The van der Waals surface area contributed by atoms with Gasteiger partial charge in [0.25, 0.3) is 11.5 Å². The van der Waals surface area contributed by atoms with Gasteiger partial charge >= 0.3 is 0 Å². The van der Waals surface area contributed by atoms with Gasteiger partial charge in [-0.2, -0.15) is 5.26 Å². The first kappa shape index (κ1) is 28.2. The van der Waals surface area contributed by atoms with Crippen LogP contribution in [-0.2, 0) is 13.1 Å². The molecule has 0 saturated carbocycles.